The Balaban J connectivity index is 0.00000220. The van der Waals surface area contributed by atoms with Crippen LogP contribution in [0.4, 0.5) is 5.69 Å². The van der Waals surface area contributed by atoms with Crippen LogP contribution in [0.1, 0.15) is 11.1 Å². The van der Waals surface area contributed by atoms with E-state index in [1.807, 2.05) is 0 Å². The highest BCUT2D eigenvalue weighted by molar-refractivity contribution is 5.94. The van der Waals surface area contributed by atoms with Crippen molar-refractivity contribution in [3.8, 4) is 5.75 Å². The molecule has 0 aliphatic heterocycles. The zero-order valence-electron chi connectivity index (χ0n) is 11.0. The summed E-state index contributed by atoms with van der Waals surface area (Å²) >= 11 is 0. The molecule has 2 aromatic carbocycles. The summed E-state index contributed by atoms with van der Waals surface area (Å²) < 4.78 is 5.53. The van der Waals surface area contributed by atoms with Crippen LogP contribution in [-0.4, -0.2) is 10.8 Å². The molecule has 0 saturated heterocycles. The molecule has 21 heavy (non-hydrogen) atoms. The molecule has 6 nitrogen and oxygen atoms in total. The number of halogens is 1. The van der Waals surface area contributed by atoms with E-state index in [2.05, 4.69) is 0 Å². The number of hydrogen-bond donors (Lipinski definition) is 2. The summed E-state index contributed by atoms with van der Waals surface area (Å²) in [6.45, 7) is 0.237. The van der Waals surface area contributed by atoms with Crippen LogP contribution in [-0.2, 0) is 6.61 Å². The van der Waals surface area contributed by atoms with Crippen LogP contribution in [0, 0.1) is 15.5 Å². The first-order valence-corrected chi connectivity index (χ1v) is 5.87. The third kappa shape index (κ3) is 4.47. The van der Waals surface area contributed by atoms with Crippen molar-refractivity contribution >= 4 is 23.9 Å². The average molecular weight is 308 g/mol. The van der Waals surface area contributed by atoms with Crippen LogP contribution in [0.5, 0.6) is 5.75 Å². The number of non-ortho nitro benzene ring substituents is 1. The van der Waals surface area contributed by atoms with Gasteiger partial charge < -0.3 is 10.5 Å². The lowest BCUT2D eigenvalue weighted by Gasteiger charge is -2.07. The van der Waals surface area contributed by atoms with E-state index in [0.717, 1.165) is 5.56 Å². The molecule has 0 heterocycles. The van der Waals surface area contributed by atoms with Gasteiger partial charge in [-0.05, 0) is 29.8 Å². The fraction of sp³-hybridized carbons (Fsp3) is 0.0714. The van der Waals surface area contributed by atoms with Crippen LogP contribution in [0.25, 0.3) is 0 Å². The van der Waals surface area contributed by atoms with Crippen molar-refractivity contribution in [3.63, 3.8) is 0 Å². The first kappa shape index (κ1) is 16.5. The van der Waals surface area contributed by atoms with E-state index in [-0.39, 0.29) is 30.5 Å². The molecule has 7 heteroatoms. The first-order valence-electron chi connectivity index (χ1n) is 5.87. The second-order valence-corrected chi connectivity index (χ2v) is 4.15. The molecule has 3 N–H and O–H groups in total. The minimum absolute atomic E-state index is 0. The number of ether oxygens (including phenoxy) is 1. The Morgan fingerprint density at radius 3 is 2.48 bits per heavy atom. The third-order valence-electron chi connectivity index (χ3n) is 2.69. The van der Waals surface area contributed by atoms with Crippen LogP contribution in [0.2, 0.25) is 0 Å². The Labute approximate surface area is 127 Å². The largest absolute Gasteiger partial charge is 0.489 e. The molecule has 0 aromatic heterocycles. The number of nitrogens with zero attached hydrogens (tertiary/aromatic N) is 1. The van der Waals surface area contributed by atoms with Crippen molar-refractivity contribution in [3.05, 3.63) is 69.8 Å². The van der Waals surface area contributed by atoms with Crippen molar-refractivity contribution in [1.29, 1.82) is 5.41 Å². The first-order chi connectivity index (χ1) is 9.56. The molecule has 0 aliphatic carbocycles. The van der Waals surface area contributed by atoms with Crippen LogP contribution >= 0.6 is 12.4 Å². The summed E-state index contributed by atoms with van der Waals surface area (Å²) in [5.74, 6) is 0.608. The van der Waals surface area contributed by atoms with E-state index in [0.29, 0.717) is 11.3 Å². The van der Waals surface area contributed by atoms with Crippen molar-refractivity contribution in [2.24, 2.45) is 5.73 Å². The Hall–Kier alpha value is -2.60. The molecule has 2 aromatic rings. The molecule has 0 amide bonds. The number of hydrogen-bond acceptors (Lipinski definition) is 4. The lowest BCUT2D eigenvalue weighted by molar-refractivity contribution is -0.384. The van der Waals surface area contributed by atoms with Gasteiger partial charge in [-0.1, -0.05) is 12.1 Å². The topological polar surface area (TPSA) is 102 Å². The standard InChI is InChI=1S/C14H13N3O3.ClH/c15-14(16)11-4-6-13(7-5-11)20-9-10-2-1-3-12(8-10)17(18)19;/h1-8H,9H2,(H3,15,16);1H. The van der Waals surface area contributed by atoms with Gasteiger partial charge in [0.2, 0.25) is 0 Å². The smallest absolute Gasteiger partial charge is 0.269 e. The second kappa shape index (κ2) is 7.25. The molecule has 110 valence electrons. The van der Waals surface area contributed by atoms with Gasteiger partial charge in [-0.25, -0.2) is 0 Å². The van der Waals surface area contributed by atoms with E-state index in [4.69, 9.17) is 15.9 Å². The molecule has 0 radical (unpaired) electrons. The van der Waals surface area contributed by atoms with Gasteiger partial charge >= 0.3 is 0 Å². The summed E-state index contributed by atoms with van der Waals surface area (Å²) in [6, 6.07) is 13.1. The highest BCUT2D eigenvalue weighted by Gasteiger charge is 2.06. The summed E-state index contributed by atoms with van der Waals surface area (Å²) in [5.41, 5.74) is 6.73. The number of nitrogen functional groups attached to an aromatic ring is 1. The number of nitro groups is 1. The third-order valence-corrected chi connectivity index (χ3v) is 2.69. The van der Waals surface area contributed by atoms with E-state index >= 15 is 0 Å². The van der Waals surface area contributed by atoms with Gasteiger partial charge in [0.1, 0.15) is 18.2 Å². The SMILES string of the molecule is Cl.N=C(N)c1ccc(OCc2cccc([N+](=O)[O-])c2)cc1. The monoisotopic (exact) mass is 307 g/mol. The molecule has 0 atom stereocenters. The van der Waals surface area contributed by atoms with Gasteiger partial charge in [-0.3, -0.25) is 15.5 Å². The van der Waals surface area contributed by atoms with Crippen molar-refractivity contribution in [2.75, 3.05) is 0 Å². The quantitative estimate of drug-likeness (QED) is 0.383. The fourth-order valence-corrected chi connectivity index (χ4v) is 1.66. The predicted molar refractivity (Wildman–Crippen MR) is 82.1 cm³/mol. The molecule has 0 spiro atoms. The van der Waals surface area contributed by atoms with Gasteiger partial charge in [0.25, 0.3) is 5.69 Å². The summed E-state index contributed by atoms with van der Waals surface area (Å²) in [5, 5.41) is 17.9. The maximum Gasteiger partial charge on any atom is 0.269 e. The van der Waals surface area contributed by atoms with Gasteiger partial charge in [0.15, 0.2) is 0 Å². The Morgan fingerprint density at radius 1 is 1.24 bits per heavy atom. The maximum absolute atomic E-state index is 10.7. The highest BCUT2D eigenvalue weighted by atomic mass is 35.5. The van der Waals surface area contributed by atoms with Crippen LogP contribution in [0.3, 0.4) is 0 Å². The number of nitrogens with one attached hydrogen (secondary N) is 1. The summed E-state index contributed by atoms with van der Waals surface area (Å²) in [7, 11) is 0. The molecule has 0 aliphatic rings. The molecule has 2 rings (SSSR count). The van der Waals surface area contributed by atoms with Crippen molar-refractivity contribution < 1.29 is 9.66 Å². The molecule has 0 unspecified atom stereocenters. The summed E-state index contributed by atoms with van der Waals surface area (Å²) in [4.78, 5) is 10.2. The number of amidine groups is 1. The molecular weight excluding hydrogens is 294 g/mol. The van der Waals surface area contributed by atoms with Gasteiger partial charge in [0, 0.05) is 17.7 Å². The lowest BCUT2D eigenvalue weighted by atomic mass is 10.2. The van der Waals surface area contributed by atoms with Gasteiger partial charge in [-0.15, -0.1) is 12.4 Å². The van der Waals surface area contributed by atoms with E-state index in [1.165, 1.54) is 12.1 Å². The zero-order valence-corrected chi connectivity index (χ0v) is 11.8. The lowest BCUT2D eigenvalue weighted by Crippen LogP contribution is -2.10. The van der Waals surface area contributed by atoms with Crippen LogP contribution in [0.15, 0.2) is 48.5 Å². The molecule has 0 fully saturated rings. The van der Waals surface area contributed by atoms with E-state index < -0.39 is 4.92 Å². The fourth-order valence-electron chi connectivity index (χ4n) is 1.66. The predicted octanol–water partition coefficient (Wildman–Crippen LogP) is 2.88. The summed E-state index contributed by atoms with van der Waals surface area (Å²) in [6.07, 6.45) is 0. The van der Waals surface area contributed by atoms with E-state index in [1.54, 1.807) is 36.4 Å². The number of rotatable bonds is 5. The number of benzene rings is 2. The Kier molecular flexibility index (Phi) is 5.68. The molecule has 0 saturated carbocycles. The zero-order chi connectivity index (χ0) is 14.5. The minimum Gasteiger partial charge on any atom is -0.489 e. The van der Waals surface area contributed by atoms with Crippen LogP contribution < -0.4 is 10.5 Å². The molecular formula is C14H14ClN3O3. The highest BCUT2D eigenvalue weighted by Crippen LogP contribution is 2.17. The number of nitro benzene ring substituents is 1. The van der Waals surface area contributed by atoms with Gasteiger partial charge in [0.05, 0.1) is 4.92 Å². The number of nitrogens with two attached hydrogens (primary N) is 1. The Bertz CT molecular complexity index is 644. The Morgan fingerprint density at radius 2 is 1.90 bits per heavy atom. The van der Waals surface area contributed by atoms with Gasteiger partial charge in [-0.2, -0.15) is 0 Å². The van der Waals surface area contributed by atoms with Crippen molar-refractivity contribution in [1.82, 2.24) is 0 Å². The maximum atomic E-state index is 10.7. The normalized spacial score (nSPS) is 9.52. The minimum atomic E-state index is -0.439. The average Bonchev–Trinajstić information content (AvgIpc) is 2.46. The van der Waals surface area contributed by atoms with Crippen molar-refractivity contribution in [2.45, 2.75) is 6.61 Å². The van der Waals surface area contributed by atoms with E-state index in [9.17, 15) is 10.1 Å². The second-order valence-electron chi connectivity index (χ2n) is 4.15. The molecule has 0 bridgehead atoms.